The van der Waals surface area contributed by atoms with E-state index in [0.29, 0.717) is 11.2 Å². The van der Waals surface area contributed by atoms with Gasteiger partial charge in [0.25, 0.3) is 0 Å². The highest BCUT2D eigenvalue weighted by atomic mass is 79.9. The van der Waals surface area contributed by atoms with Crippen molar-refractivity contribution in [3.63, 3.8) is 0 Å². The van der Waals surface area contributed by atoms with Gasteiger partial charge in [0.15, 0.2) is 0 Å². The lowest BCUT2D eigenvalue weighted by atomic mass is 10.3. The van der Waals surface area contributed by atoms with Gasteiger partial charge in [0.1, 0.15) is 11.6 Å². The molecular formula is C12H11BrClN3O. The van der Waals surface area contributed by atoms with E-state index in [1.807, 2.05) is 22.8 Å². The molecule has 0 aliphatic heterocycles. The molecule has 1 aliphatic carbocycles. The fourth-order valence-corrected chi connectivity index (χ4v) is 2.54. The molecule has 1 fully saturated rings. The summed E-state index contributed by atoms with van der Waals surface area (Å²) in [6.45, 7) is 0. The molecule has 0 saturated heterocycles. The summed E-state index contributed by atoms with van der Waals surface area (Å²) in [7, 11) is 1.64. The van der Waals surface area contributed by atoms with Crippen molar-refractivity contribution in [3.8, 4) is 11.4 Å². The molecule has 0 spiro atoms. The van der Waals surface area contributed by atoms with Gasteiger partial charge in [0.2, 0.25) is 5.28 Å². The fraction of sp³-hybridized carbons (Fsp3) is 0.333. The molecule has 4 nitrogen and oxygen atoms in total. The zero-order valence-corrected chi connectivity index (χ0v) is 12.1. The summed E-state index contributed by atoms with van der Waals surface area (Å²) in [4.78, 5) is 0. The SMILES string of the molecule is COc1cc(-n2c(Cl)nnc2C2CC2)ccc1Br. The van der Waals surface area contributed by atoms with E-state index in [0.717, 1.165) is 34.6 Å². The Morgan fingerprint density at radius 2 is 2.17 bits per heavy atom. The third-order valence-corrected chi connectivity index (χ3v) is 3.88. The van der Waals surface area contributed by atoms with Gasteiger partial charge in [-0.3, -0.25) is 4.57 Å². The minimum Gasteiger partial charge on any atom is -0.495 e. The van der Waals surface area contributed by atoms with Gasteiger partial charge in [-0.25, -0.2) is 0 Å². The summed E-state index contributed by atoms with van der Waals surface area (Å²) in [5.41, 5.74) is 0.923. The third-order valence-electron chi connectivity index (χ3n) is 2.98. The van der Waals surface area contributed by atoms with E-state index in [-0.39, 0.29) is 0 Å². The number of halogens is 2. The van der Waals surface area contributed by atoms with Crippen LogP contribution in [0, 0.1) is 0 Å². The Hall–Kier alpha value is -1.07. The molecular weight excluding hydrogens is 318 g/mol. The minimum absolute atomic E-state index is 0.390. The first-order valence-corrected chi connectivity index (χ1v) is 6.82. The zero-order valence-electron chi connectivity index (χ0n) is 9.73. The van der Waals surface area contributed by atoms with Gasteiger partial charge < -0.3 is 4.74 Å². The number of benzene rings is 1. The summed E-state index contributed by atoms with van der Waals surface area (Å²) in [6.07, 6.45) is 2.31. The average Bonchev–Trinajstić information content (AvgIpc) is 3.14. The lowest BCUT2D eigenvalue weighted by Gasteiger charge is -2.10. The molecule has 94 valence electrons. The van der Waals surface area contributed by atoms with E-state index < -0.39 is 0 Å². The topological polar surface area (TPSA) is 39.9 Å². The molecule has 0 radical (unpaired) electrons. The molecule has 1 heterocycles. The quantitative estimate of drug-likeness (QED) is 0.865. The predicted molar refractivity (Wildman–Crippen MR) is 72.6 cm³/mol. The maximum Gasteiger partial charge on any atom is 0.229 e. The van der Waals surface area contributed by atoms with Crippen LogP contribution in [0.25, 0.3) is 5.69 Å². The zero-order chi connectivity index (χ0) is 12.7. The molecule has 1 aromatic heterocycles. The highest BCUT2D eigenvalue weighted by molar-refractivity contribution is 9.10. The summed E-state index contributed by atoms with van der Waals surface area (Å²) >= 11 is 9.56. The second-order valence-electron chi connectivity index (χ2n) is 4.26. The Morgan fingerprint density at radius 1 is 1.39 bits per heavy atom. The monoisotopic (exact) mass is 327 g/mol. The van der Waals surface area contributed by atoms with Crippen LogP contribution in [0.4, 0.5) is 0 Å². The molecule has 3 rings (SSSR count). The number of ether oxygens (including phenoxy) is 1. The smallest absolute Gasteiger partial charge is 0.229 e. The normalized spacial score (nSPS) is 14.8. The summed E-state index contributed by atoms with van der Waals surface area (Å²) in [5, 5.41) is 8.51. The average molecular weight is 329 g/mol. The third kappa shape index (κ3) is 2.01. The first-order chi connectivity index (χ1) is 8.70. The summed E-state index contributed by atoms with van der Waals surface area (Å²) in [5.74, 6) is 2.18. The molecule has 1 aliphatic rings. The molecule has 0 bridgehead atoms. The van der Waals surface area contributed by atoms with Crippen LogP contribution in [0.15, 0.2) is 22.7 Å². The highest BCUT2D eigenvalue weighted by Gasteiger charge is 2.30. The van der Waals surface area contributed by atoms with E-state index in [9.17, 15) is 0 Å². The lowest BCUT2D eigenvalue weighted by Crippen LogP contribution is -2.00. The molecule has 1 aromatic carbocycles. The van der Waals surface area contributed by atoms with E-state index >= 15 is 0 Å². The molecule has 2 aromatic rings. The van der Waals surface area contributed by atoms with Gasteiger partial charge in [-0.15, -0.1) is 10.2 Å². The van der Waals surface area contributed by atoms with Crippen LogP contribution in [0.5, 0.6) is 5.75 Å². The van der Waals surface area contributed by atoms with Crippen LogP contribution < -0.4 is 4.74 Å². The van der Waals surface area contributed by atoms with E-state index in [2.05, 4.69) is 26.1 Å². The number of hydrogen-bond acceptors (Lipinski definition) is 3. The van der Waals surface area contributed by atoms with Crippen LogP contribution >= 0.6 is 27.5 Å². The van der Waals surface area contributed by atoms with Crippen LogP contribution in [0.1, 0.15) is 24.6 Å². The highest BCUT2D eigenvalue weighted by Crippen LogP contribution is 2.41. The van der Waals surface area contributed by atoms with Crippen molar-refractivity contribution in [2.24, 2.45) is 0 Å². The van der Waals surface area contributed by atoms with E-state index in [4.69, 9.17) is 16.3 Å². The number of hydrogen-bond donors (Lipinski definition) is 0. The second-order valence-corrected chi connectivity index (χ2v) is 5.45. The van der Waals surface area contributed by atoms with Crippen molar-refractivity contribution in [1.29, 1.82) is 0 Å². The maximum atomic E-state index is 6.12. The van der Waals surface area contributed by atoms with E-state index in [1.165, 1.54) is 0 Å². The van der Waals surface area contributed by atoms with Crippen molar-refractivity contribution in [2.45, 2.75) is 18.8 Å². The van der Waals surface area contributed by atoms with Gasteiger partial charge >= 0.3 is 0 Å². The Morgan fingerprint density at radius 3 is 2.83 bits per heavy atom. The Bertz CT molecular complexity index is 595. The summed E-state index contributed by atoms with van der Waals surface area (Å²) in [6, 6.07) is 5.82. The molecule has 6 heteroatoms. The lowest BCUT2D eigenvalue weighted by molar-refractivity contribution is 0.412. The Balaban J connectivity index is 2.11. The van der Waals surface area contributed by atoms with E-state index in [1.54, 1.807) is 7.11 Å². The van der Waals surface area contributed by atoms with Gasteiger partial charge in [0.05, 0.1) is 17.3 Å². The van der Waals surface area contributed by atoms with Crippen molar-refractivity contribution < 1.29 is 4.74 Å². The van der Waals surface area contributed by atoms with Crippen molar-refractivity contribution in [1.82, 2.24) is 14.8 Å². The van der Waals surface area contributed by atoms with Crippen LogP contribution in [-0.2, 0) is 0 Å². The maximum absolute atomic E-state index is 6.12. The second kappa shape index (κ2) is 4.55. The van der Waals surface area contributed by atoms with Gasteiger partial charge in [-0.1, -0.05) is 0 Å². The molecule has 0 N–H and O–H groups in total. The first kappa shape index (κ1) is 12.0. The number of methoxy groups -OCH3 is 1. The minimum atomic E-state index is 0.390. The van der Waals surface area contributed by atoms with Gasteiger partial charge in [0, 0.05) is 12.0 Å². The molecule has 0 amide bonds. The Labute approximate surface area is 118 Å². The summed E-state index contributed by atoms with van der Waals surface area (Å²) < 4.78 is 8.09. The largest absolute Gasteiger partial charge is 0.495 e. The van der Waals surface area contributed by atoms with Crippen molar-refractivity contribution in [3.05, 3.63) is 33.8 Å². The molecule has 0 atom stereocenters. The molecule has 1 saturated carbocycles. The standard InChI is InChI=1S/C12H11BrClN3O/c1-18-10-6-8(4-5-9(10)13)17-11(7-2-3-7)15-16-12(17)14/h4-7H,2-3H2,1H3. The molecule has 18 heavy (non-hydrogen) atoms. The van der Waals surface area contributed by atoms with Crippen LogP contribution in [0.3, 0.4) is 0 Å². The van der Waals surface area contributed by atoms with Crippen molar-refractivity contribution >= 4 is 27.5 Å². The Kier molecular flexibility index (Phi) is 3.03. The van der Waals surface area contributed by atoms with Gasteiger partial charge in [-0.2, -0.15) is 0 Å². The number of rotatable bonds is 3. The van der Waals surface area contributed by atoms with Gasteiger partial charge in [-0.05, 0) is 52.5 Å². The first-order valence-electron chi connectivity index (χ1n) is 5.65. The van der Waals surface area contributed by atoms with Crippen molar-refractivity contribution in [2.75, 3.05) is 7.11 Å². The van der Waals surface area contributed by atoms with Crippen LogP contribution in [0.2, 0.25) is 5.28 Å². The van der Waals surface area contributed by atoms with Crippen LogP contribution in [-0.4, -0.2) is 21.9 Å². The fourth-order valence-electron chi connectivity index (χ4n) is 1.91. The molecule has 0 unspecified atom stereocenters. The number of nitrogens with zero attached hydrogens (tertiary/aromatic N) is 3. The number of aromatic nitrogens is 3. The predicted octanol–water partition coefficient (Wildman–Crippen LogP) is 3.57.